The second-order valence-electron chi connectivity index (χ2n) is 4.20. The summed E-state index contributed by atoms with van der Waals surface area (Å²) in [5.41, 5.74) is 1.57. The van der Waals surface area contributed by atoms with E-state index < -0.39 is 0 Å². The van der Waals surface area contributed by atoms with Crippen LogP contribution >= 0.6 is 0 Å². The first-order valence-electron chi connectivity index (χ1n) is 5.86. The molecule has 0 bridgehead atoms. The molecule has 0 saturated carbocycles. The number of hydrogen-bond donors (Lipinski definition) is 2. The van der Waals surface area contributed by atoms with E-state index in [1.807, 2.05) is 20.0 Å². The number of fused-ring (bicyclic) bond motifs is 1. The minimum absolute atomic E-state index is 0.0132. The fourth-order valence-electron chi connectivity index (χ4n) is 1.75. The summed E-state index contributed by atoms with van der Waals surface area (Å²) in [5.74, 6) is -0.101. The average Bonchev–Trinajstić information content (AvgIpc) is 2.39. The van der Waals surface area contributed by atoms with Crippen LogP contribution in [0.25, 0.3) is 10.9 Å². The van der Waals surface area contributed by atoms with Gasteiger partial charge in [0.15, 0.2) is 0 Å². The second-order valence-corrected chi connectivity index (χ2v) is 4.20. The van der Waals surface area contributed by atoms with Crippen LogP contribution in [0.2, 0.25) is 0 Å². The van der Waals surface area contributed by atoms with E-state index in [2.05, 4.69) is 20.6 Å². The zero-order chi connectivity index (χ0) is 13.0. The molecule has 0 radical (unpaired) electrons. The third-order valence-electron chi connectivity index (χ3n) is 2.76. The van der Waals surface area contributed by atoms with Crippen LogP contribution in [-0.4, -0.2) is 29.5 Å². The smallest absolute Gasteiger partial charge is 0.228 e. The maximum Gasteiger partial charge on any atom is 0.228 e. The molecule has 1 amide bonds. The minimum atomic E-state index is -0.0881. The van der Waals surface area contributed by atoms with Gasteiger partial charge >= 0.3 is 0 Å². The van der Waals surface area contributed by atoms with Gasteiger partial charge in [-0.2, -0.15) is 0 Å². The van der Waals surface area contributed by atoms with Gasteiger partial charge in [-0.3, -0.25) is 14.8 Å². The van der Waals surface area contributed by atoms with Crippen molar-refractivity contribution in [2.45, 2.75) is 6.92 Å². The van der Waals surface area contributed by atoms with Crippen molar-refractivity contribution in [3.8, 4) is 0 Å². The fourth-order valence-corrected chi connectivity index (χ4v) is 1.75. The van der Waals surface area contributed by atoms with Crippen LogP contribution < -0.4 is 10.6 Å². The Morgan fingerprint density at radius 2 is 2.22 bits per heavy atom. The van der Waals surface area contributed by atoms with Crippen LogP contribution in [0.5, 0.6) is 0 Å². The van der Waals surface area contributed by atoms with E-state index >= 15 is 0 Å². The molecular formula is C13H16N4O. The summed E-state index contributed by atoms with van der Waals surface area (Å²) in [6.45, 7) is 2.53. The van der Waals surface area contributed by atoms with Gasteiger partial charge in [-0.15, -0.1) is 0 Å². The standard InChI is InChI=1S/C13H16N4O/c1-9(7-14-2)13(18)17-12-4-6-16-11-3-5-15-8-10(11)12/h3-6,8-9,14H,7H2,1-2H3,(H,16,17,18). The zero-order valence-electron chi connectivity index (χ0n) is 10.5. The van der Waals surface area contributed by atoms with E-state index in [-0.39, 0.29) is 11.8 Å². The summed E-state index contributed by atoms with van der Waals surface area (Å²) in [4.78, 5) is 20.2. The molecule has 0 fully saturated rings. The summed E-state index contributed by atoms with van der Waals surface area (Å²) in [7, 11) is 1.83. The zero-order valence-corrected chi connectivity index (χ0v) is 10.5. The van der Waals surface area contributed by atoms with Crippen molar-refractivity contribution >= 4 is 22.5 Å². The number of anilines is 1. The third kappa shape index (κ3) is 2.62. The molecule has 0 spiro atoms. The van der Waals surface area contributed by atoms with Crippen molar-refractivity contribution in [2.75, 3.05) is 18.9 Å². The molecule has 0 aliphatic rings. The van der Waals surface area contributed by atoms with Gasteiger partial charge in [0.05, 0.1) is 11.2 Å². The maximum atomic E-state index is 12.0. The molecule has 0 aliphatic carbocycles. The van der Waals surface area contributed by atoms with Gasteiger partial charge in [0.1, 0.15) is 0 Å². The van der Waals surface area contributed by atoms with Crippen molar-refractivity contribution in [1.29, 1.82) is 0 Å². The lowest BCUT2D eigenvalue weighted by Crippen LogP contribution is -2.28. The first-order valence-corrected chi connectivity index (χ1v) is 5.86. The first kappa shape index (κ1) is 12.4. The number of pyridine rings is 2. The number of carbonyl (C=O) groups is 1. The van der Waals surface area contributed by atoms with Gasteiger partial charge in [0.25, 0.3) is 0 Å². The summed E-state index contributed by atoms with van der Waals surface area (Å²) in [5, 5.41) is 6.75. The highest BCUT2D eigenvalue weighted by atomic mass is 16.1. The molecule has 2 aromatic rings. The predicted molar refractivity (Wildman–Crippen MR) is 71.3 cm³/mol. The van der Waals surface area contributed by atoms with Gasteiger partial charge in [-0.25, -0.2) is 0 Å². The molecule has 2 aromatic heterocycles. The van der Waals surface area contributed by atoms with E-state index in [0.717, 1.165) is 16.6 Å². The topological polar surface area (TPSA) is 66.9 Å². The Kier molecular flexibility index (Phi) is 3.84. The molecule has 18 heavy (non-hydrogen) atoms. The van der Waals surface area contributed by atoms with E-state index in [1.165, 1.54) is 0 Å². The van der Waals surface area contributed by atoms with Gasteiger partial charge in [0, 0.05) is 36.4 Å². The molecule has 2 rings (SSSR count). The Labute approximate surface area is 106 Å². The lowest BCUT2D eigenvalue weighted by molar-refractivity contribution is -0.119. The molecule has 1 unspecified atom stereocenters. The van der Waals surface area contributed by atoms with E-state index in [0.29, 0.717) is 6.54 Å². The molecule has 0 aliphatic heterocycles. The highest BCUT2D eigenvalue weighted by Gasteiger charge is 2.13. The summed E-state index contributed by atoms with van der Waals surface area (Å²) < 4.78 is 0. The maximum absolute atomic E-state index is 12.0. The van der Waals surface area contributed by atoms with Crippen molar-refractivity contribution in [3.63, 3.8) is 0 Å². The number of hydrogen-bond acceptors (Lipinski definition) is 4. The quantitative estimate of drug-likeness (QED) is 0.853. The van der Waals surface area contributed by atoms with Crippen molar-refractivity contribution < 1.29 is 4.79 Å². The SMILES string of the molecule is CNCC(C)C(=O)Nc1ccnc2ccncc12. The number of aromatic nitrogens is 2. The number of nitrogens with zero attached hydrogens (tertiary/aromatic N) is 2. The molecule has 1 atom stereocenters. The molecule has 94 valence electrons. The molecule has 5 nitrogen and oxygen atoms in total. The number of rotatable bonds is 4. The Bertz CT molecular complexity index is 550. The summed E-state index contributed by atoms with van der Waals surface area (Å²) in [6.07, 6.45) is 5.08. The van der Waals surface area contributed by atoms with Gasteiger partial charge in [-0.1, -0.05) is 6.92 Å². The predicted octanol–water partition coefficient (Wildman–Crippen LogP) is 1.42. The molecule has 2 heterocycles. The Morgan fingerprint density at radius 3 is 3.00 bits per heavy atom. The van der Waals surface area contributed by atoms with Crippen molar-refractivity contribution in [1.82, 2.24) is 15.3 Å². The molecule has 5 heteroatoms. The highest BCUT2D eigenvalue weighted by molar-refractivity contribution is 6.01. The van der Waals surface area contributed by atoms with Gasteiger partial charge < -0.3 is 10.6 Å². The molecule has 0 saturated heterocycles. The van der Waals surface area contributed by atoms with Crippen molar-refractivity contribution in [2.24, 2.45) is 5.92 Å². The monoisotopic (exact) mass is 244 g/mol. The van der Waals surface area contributed by atoms with Crippen LogP contribution in [0, 0.1) is 5.92 Å². The van der Waals surface area contributed by atoms with Gasteiger partial charge in [0.2, 0.25) is 5.91 Å². The van der Waals surface area contributed by atoms with E-state index in [1.54, 1.807) is 24.7 Å². The summed E-state index contributed by atoms with van der Waals surface area (Å²) in [6, 6.07) is 3.61. The Morgan fingerprint density at radius 1 is 1.39 bits per heavy atom. The van der Waals surface area contributed by atoms with Crippen LogP contribution in [0.1, 0.15) is 6.92 Å². The van der Waals surface area contributed by atoms with Crippen LogP contribution in [0.4, 0.5) is 5.69 Å². The minimum Gasteiger partial charge on any atom is -0.325 e. The van der Waals surface area contributed by atoms with E-state index in [9.17, 15) is 4.79 Å². The van der Waals surface area contributed by atoms with E-state index in [4.69, 9.17) is 0 Å². The number of nitrogens with one attached hydrogen (secondary N) is 2. The second kappa shape index (κ2) is 5.55. The molecular weight excluding hydrogens is 228 g/mol. The Hall–Kier alpha value is -2.01. The van der Waals surface area contributed by atoms with Crippen LogP contribution in [-0.2, 0) is 4.79 Å². The largest absolute Gasteiger partial charge is 0.325 e. The third-order valence-corrected chi connectivity index (χ3v) is 2.76. The fraction of sp³-hybridized carbons (Fsp3) is 0.308. The van der Waals surface area contributed by atoms with Crippen LogP contribution in [0.15, 0.2) is 30.7 Å². The number of amides is 1. The number of carbonyl (C=O) groups excluding carboxylic acids is 1. The van der Waals surface area contributed by atoms with Gasteiger partial charge in [-0.05, 0) is 19.2 Å². The molecule has 2 N–H and O–H groups in total. The van der Waals surface area contributed by atoms with Crippen LogP contribution in [0.3, 0.4) is 0 Å². The summed E-state index contributed by atoms with van der Waals surface area (Å²) >= 11 is 0. The Balaban J connectivity index is 2.24. The first-order chi connectivity index (χ1) is 8.72. The average molecular weight is 244 g/mol. The molecule has 0 aromatic carbocycles. The van der Waals surface area contributed by atoms with Crippen molar-refractivity contribution in [3.05, 3.63) is 30.7 Å². The lowest BCUT2D eigenvalue weighted by Gasteiger charge is -2.12. The normalized spacial score (nSPS) is 12.3. The highest BCUT2D eigenvalue weighted by Crippen LogP contribution is 2.20. The lowest BCUT2D eigenvalue weighted by atomic mass is 10.1.